The molecule has 0 bridgehead atoms. The first-order chi connectivity index (χ1) is 11.3. The van der Waals surface area contributed by atoms with Crippen LogP contribution in [-0.4, -0.2) is 48.3 Å². The monoisotopic (exact) mass is 320 g/mol. The Morgan fingerprint density at radius 1 is 1.22 bits per heavy atom. The quantitative estimate of drug-likeness (QED) is 0.802. The summed E-state index contributed by atoms with van der Waals surface area (Å²) in [7, 11) is 0. The summed E-state index contributed by atoms with van der Waals surface area (Å²) >= 11 is 0. The van der Waals surface area contributed by atoms with E-state index in [4.69, 9.17) is 9.47 Å². The number of hydrogen-bond acceptors (Lipinski definition) is 4. The normalized spacial score (nSPS) is 32.0. The van der Waals surface area contributed by atoms with Gasteiger partial charge in [-0.15, -0.1) is 0 Å². The maximum atomic E-state index is 13.2. The lowest BCUT2D eigenvalue weighted by molar-refractivity contribution is -0.00916. The number of fused-ring (bicyclic) bond motifs is 1. The van der Waals surface area contributed by atoms with Crippen LogP contribution in [0.25, 0.3) is 0 Å². The summed E-state index contributed by atoms with van der Waals surface area (Å²) in [6.45, 7) is 3.94. The average molecular weight is 320 g/mol. The number of pyridine rings is 1. The highest BCUT2D eigenvalue weighted by atomic mass is 19.1. The minimum atomic E-state index is -0.382. The van der Waals surface area contributed by atoms with E-state index in [0.717, 1.165) is 63.1 Å². The third-order valence-corrected chi connectivity index (χ3v) is 5.48. The standard InChI is InChI=1S/C18H25FN2O2/c19-18-10-13-3-4-17(16(13)11-20-18)23-15-5-7-21(12-15)14-2-1-8-22-9-6-14/h10-11,14-15,17H,1-9,12H2/t14?,15-,17?/m1/s1. The zero-order valence-corrected chi connectivity index (χ0v) is 13.5. The predicted molar refractivity (Wildman–Crippen MR) is 84.8 cm³/mol. The van der Waals surface area contributed by atoms with E-state index in [1.54, 1.807) is 12.3 Å². The fourth-order valence-electron chi connectivity index (χ4n) is 4.25. The smallest absolute Gasteiger partial charge is 0.213 e. The first-order valence-corrected chi connectivity index (χ1v) is 8.91. The molecule has 0 N–H and O–H groups in total. The van der Waals surface area contributed by atoms with Crippen molar-refractivity contribution in [3.63, 3.8) is 0 Å². The summed E-state index contributed by atoms with van der Waals surface area (Å²) in [5, 5.41) is 0. The van der Waals surface area contributed by atoms with E-state index in [2.05, 4.69) is 9.88 Å². The van der Waals surface area contributed by atoms with Crippen molar-refractivity contribution in [2.45, 2.75) is 56.8 Å². The molecule has 2 unspecified atom stereocenters. The Labute approximate surface area is 137 Å². The van der Waals surface area contributed by atoms with Gasteiger partial charge in [0.1, 0.15) is 0 Å². The van der Waals surface area contributed by atoms with Gasteiger partial charge in [0.2, 0.25) is 5.95 Å². The molecule has 1 aliphatic carbocycles. The third-order valence-electron chi connectivity index (χ3n) is 5.48. The second-order valence-electron chi connectivity index (χ2n) is 6.97. The molecule has 3 aliphatic rings. The van der Waals surface area contributed by atoms with E-state index in [-0.39, 0.29) is 12.1 Å². The van der Waals surface area contributed by atoms with E-state index in [1.807, 2.05) is 0 Å². The summed E-state index contributed by atoms with van der Waals surface area (Å²) in [5.41, 5.74) is 2.16. The molecule has 0 aromatic carbocycles. The van der Waals surface area contributed by atoms with Gasteiger partial charge >= 0.3 is 0 Å². The van der Waals surface area contributed by atoms with Crippen LogP contribution in [0.2, 0.25) is 0 Å². The fraction of sp³-hybridized carbons (Fsp3) is 0.722. The van der Waals surface area contributed by atoms with Crippen molar-refractivity contribution >= 4 is 0 Å². The molecule has 126 valence electrons. The van der Waals surface area contributed by atoms with E-state index in [0.29, 0.717) is 12.1 Å². The van der Waals surface area contributed by atoms with Crippen LogP contribution in [0.1, 0.15) is 49.3 Å². The summed E-state index contributed by atoms with van der Waals surface area (Å²) in [6.07, 6.45) is 8.55. The molecule has 0 spiro atoms. The Bertz CT molecular complexity index is 546. The summed E-state index contributed by atoms with van der Waals surface area (Å²) < 4.78 is 25.1. The zero-order chi connectivity index (χ0) is 15.6. The highest BCUT2D eigenvalue weighted by Crippen LogP contribution is 2.36. The number of likely N-dealkylation sites (tertiary alicyclic amines) is 1. The molecular weight excluding hydrogens is 295 g/mol. The van der Waals surface area contributed by atoms with Crippen LogP contribution >= 0.6 is 0 Å². The van der Waals surface area contributed by atoms with Crippen LogP contribution in [0.15, 0.2) is 12.3 Å². The minimum absolute atomic E-state index is 0.0977. The van der Waals surface area contributed by atoms with Crippen molar-refractivity contribution in [1.82, 2.24) is 9.88 Å². The molecular formula is C18H25FN2O2. The van der Waals surface area contributed by atoms with Gasteiger partial charge in [0.25, 0.3) is 0 Å². The summed E-state index contributed by atoms with van der Waals surface area (Å²) in [4.78, 5) is 6.38. The Kier molecular flexibility index (Phi) is 4.60. The van der Waals surface area contributed by atoms with Crippen molar-refractivity contribution in [2.24, 2.45) is 0 Å². The topological polar surface area (TPSA) is 34.6 Å². The van der Waals surface area contributed by atoms with Crippen LogP contribution in [0.4, 0.5) is 4.39 Å². The zero-order valence-electron chi connectivity index (χ0n) is 13.5. The van der Waals surface area contributed by atoms with Crippen LogP contribution in [0.5, 0.6) is 0 Å². The number of nitrogens with zero attached hydrogens (tertiary/aromatic N) is 2. The number of aryl methyl sites for hydroxylation is 1. The van der Waals surface area contributed by atoms with Gasteiger partial charge in [-0.05, 0) is 50.2 Å². The Balaban J connectivity index is 1.35. The molecule has 2 aliphatic heterocycles. The molecule has 0 radical (unpaired) electrons. The van der Waals surface area contributed by atoms with Crippen molar-refractivity contribution in [3.05, 3.63) is 29.3 Å². The lowest BCUT2D eigenvalue weighted by Crippen LogP contribution is -2.34. The second kappa shape index (κ2) is 6.83. The van der Waals surface area contributed by atoms with Crippen molar-refractivity contribution in [3.8, 4) is 0 Å². The number of rotatable bonds is 3. The van der Waals surface area contributed by atoms with Crippen LogP contribution in [-0.2, 0) is 15.9 Å². The Morgan fingerprint density at radius 2 is 2.17 bits per heavy atom. The number of aromatic nitrogens is 1. The van der Waals surface area contributed by atoms with E-state index in [1.165, 1.54) is 12.8 Å². The lowest BCUT2D eigenvalue weighted by Gasteiger charge is -2.26. The van der Waals surface area contributed by atoms with Gasteiger partial charge in [0, 0.05) is 44.1 Å². The maximum Gasteiger partial charge on any atom is 0.213 e. The van der Waals surface area contributed by atoms with Crippen LogP contribution < -0.4 is 0 Å². The molecule has 1 aromatic rings. The van der Waals surface area contributed by atoms with Gasteiger partial charge in [-0.2, -0.15) is 4.39 Å². The molecule has 0 amide bonds. The van der Waals surface area contributed by atoms with Crippen LogP contribution in [0, 0.1) is 5.95 Å². The third kappa shape index (κ3) is 3.42. The number of ether oxygens (including phenoxy) is 2. The van der Waals surface area contributed by atoms with Gasteiger partial charge in [0.05, 0.1) is 12.2 Å². The molecule has 3 heterocycles. The van der Waals surface area contributed by atoms with Crippen molar-refractivity contribution in [2.75, 3.05) is 26.3 Å². The molecule has 4 nitrogen and oxygen atoms in total. The minimum Gasteiger partial charge on any atom is -0.381 e. The Morgan fingerprint density at radius 3 is 3.13 bits per heavy atom. The largest absolute Gasteiger partial charge is 0.381 e. The second-order valence-corrected chi connectivity index (χ2v) is 6.97. The summed E-state index contributed by atoms with van der Waals surface area (Å²) in [5.74, 6) is -0.382. The van der Waals surface area contributed by atoms with Crippen LogP contribution in [0.3, 0.4) is 0 Å². The molecule has 0 saturated carbocycles. The number of halogens is 1. The molecule has 23 heavy (non-hydrogen) atoms. The maximum absolute atomic E-state index is 13.2. The summed E-state index contributed by atoms with van der Waals surface area (Å²) in [6, 6.07) is 2.21. The van der Waals surface area contributed by atoms with E-state index >= 15 is 0 Å². The molecule has 3 atom stereocenters. The highest BCUT2D eigenvalue weighted by Gasteiger charge is 2.33. The molecule has 5 heteroatoms. The highest BCUT2D eigenvalue weighted by molar-refractivity contribution is 5.30. The van der Waals surface area contributed by atoms with Gasteiger partial charge < -0.3 is 9.47 Å². The molecule has 1 aromatic heterocycles. The van der Waals surface area contributed by atoms with Gasteiger partial charge in [0.15, 0.2) is 0 Å². The predicted octanol–water partition coefficient (Wildman–Crippen LogP) is 2.87. The first kappa shape index (κ1) is 15.5. The Hall–Kier alpha value is -1.04. The lowest BCUT2D eigenvalue weighted by atomic mass is 10.1. The first-order valence-electron chi connectivity index (χ1n) is 8.91. The van der Waals surface area contributed by atoms with Crippen molar-refractivity contribution < 1.29 is 13.9 Å². The van der Waals surface area contributed by atoms with E-state index in [9.17, 15) is 4.39 Å². The average Bonchev–Trinajstić information content (AvgIpc) is 3.07. The molecule has 2 saturated heterocycles. The number of hydrogen-bond donors (Lipinski definition) is 0. The molecule has 4 rings (SSSR count). The SMILES string of the molecule is Fc1cc2c(cn1)C(O[C@@H]1CCN(C3CCCOCC3)C1)CC2. The van der Waals surface area contributed by atoms with Gasteiger partial charge in [-0.1, -0.05) is 0 Å². The molecule has 2 fully saturated rings. The fourth-order valence-corrected chi connectivity index (χ4v) is 4.25. The van der Waals surface area contributed by atoms with Gasteiger partial charge in [-0.3, -0.25) is 4.90 Å². The van der Waals surface area contributed by atoms with E-state index < -0.39 is 0 Å². The van der Waals surface area contributed by atoms with Gasteiger partial charge in [-0.25, -0.2) is 4.98 Å². The van der Waals surface area contributed by atoms with Crippen molar-refractivity contribution in [1.29, 1.82) is 0 Å².